The van der Waals surface area contributed by atoms with Crippen molar-refractivity contribution >= 4 is 5.91 Å². The fourth-order valence-corrected chi connectivity index (χ4v) is 1.47. The number of azide groups is 1. The summed E-state index contributed by atoms with van der Waals surface area (Å²) in [5.41, 5.74) is 8.07. The molecule has 1 rings (SSSR count). The van der Waals surface area contributed by atoms with E-state index in [-0.39, 0.29) is 12.5 Å². The lowest BCUT2D eigenvalue weighted by molar-refractivity contribution is -0.121. The molecule has 0 atom stereocenters. The number of rotatable bonds is 9. The molecule has 0 radical (unpaired) electrons. The van der Waals surface area contributed by atoms with Crippen molar-refractivity contribution in [2.75, 3.05) is 26.8 Å². The Morgan fingerprint density at radius 3 is 2.70 bits per heavy atom. The molecule has 0 aliphatic carbocycles. The number of ether oxygens (including phenoxy) is 2. The van der Waals surface area contributed by atoms with Crippen molar-refractivity contribution in [3.63, 3.8) is 0 Å². The van der Waals surface area contributed by atoms with Gasteiger partial charge >= 0.3 is 0 Å². The molecule has 108 valence electrons. The average Bonchev–Trinajstić information content (AvgIpc) is 2.49. The van der Waals surface area contributed by atoms with E-state index in [1.165, 1.54) is 0 Å². The molecule has 0 aliphatic heterocycles. The summed E-state index contributed by atoms with van der Waals surface area (Å²) in [4.78, 5) is 14.0. The minimum atomic E-state index is -0.0727. The molecular formula is C13H18N4O3. The predicted octanol–water partition coefficient (Wildman–Crippen LogP) is 2.28. The molecule has 0 saturated heterocycles. The lowest BCUT2D eigenvalue weighted by Crippen LogP contribution is -2.25. The van der Waals surface area contributed by atoms with Gasteiger partial charge in [0.15, 0.2) is 0 Å². The van der Waals surface area contributed by atoms with Gasteiger partial charge in [0, 0.05) is 24.4 Å². The van der Waals surface area contributed by atoms with Crippen molar-refractivity contribution in [2.24, 2.45) is 5.11 Å². The Morgan fingerprint density at radius 2 is 2.05 bits per heavy atom. The molecule has 0 aromatic heterocycles. The highest BCUT2D eigenvalue weighted by Crippen LogP contribution is 2.17. The first-order chi connectivity index (χ1) is 9.76. The zero-order valence-electron chi connectivity index (χ0n) is 11.4. The molecule has 0 aliphatic rings. The molecule has 0 fully saturated rings. The fourth-order valence-electron chi connectivity index (χ4n) is 1.47. The second-order valence-corrected chi connectivity index (χ2v) is 3.93. The number of benzene rings is 1. The summed E-state index contributed by atoms with van der Waals surface area (Å²) < 4.78 is 10.5. The number of nitrogens with zero attached hydrogens (tertiary/aromatic N) is 3. The molecule has 1 aromatic rings. The highest BCUT2D eigenvalue weighted by molar-refractivity contribution is 5.75. The van der Waals surface area contributed by atoms with Crippen LogP contribution in [0.25, 0.3) is 10.4 Å². The van der Waals surface area contributed by atoms with Crippen molar-refractivity contribution in [1.82, 2.24) is 5.32 Å². The van der Waals surface area contributed by atoms with Crippen LogP contribution < -0.4 is 14.8 Å². The predicted molar refractivity (Wildman–Crippen MR) is 74.7 cm³/mol. The van der Waals surface area contributed by atoms with Crippen molar-refractivity contribution in [3.05, 3.63) is 34.7 Å². The van der Waals surface area contributed by atoms with Crippen molar-refractivity contribution < 1.29 is 14.3 Å². The third-order valence-electron chi connectivity index (χ3n) is 2.47. The zero-order chi connectivity index (χ0) is 14.6. The molecule has 0 unspecified atom stereocenters. The van der Waals surface area contributed by atoms with Gasteiger partial charge in [0.1, 0.15) is 11.5 Å². The summed E-state index contributed by atoms with van der Waals surface area (Å²) in [5, 5.41) is 5.98. The molecule has 0 bridgehead atoms. The third-order valence-corrected chi connectivity index (χ3v) is 2.47. The van der Waals surface area contributed by atoms with E-state index in [4.69, 9.17) is 15.0 Å². The number of hydrogen-bond donors (Lipinski definition) is 1. The molecule has 1 N–H and O–H groups in total. The second-order valence-electron chi connectivity index (χ2n) is 3.93. The minimum Gasteiger partial charge on any atom is -0.497 e. The first-order valence-electron chi connectivity index (χ1n) is 6.30. The molecular weight excluding hydrogens is 260 g/mol. The monoisotopic (exact) mass is 278 g/mol. The van der Waals surface area contributed by atoms with E-state index in [0.29, 0.717) is 26.0 Å². The van der Waals surface area contributed by atoms with Crippen molar-refractivity contribution in [2.45, 2.75) is 12.8 Å². The summed E-state index contributed by atoms with van der Waals surface area (Å²) >= 11 is 0. The van der Waals surface area contributed by atoms with Crippen LogP contribution in [0.1, 0.15) is 12.8 Å². The van der Waals surface area contributed by atoms with Crippen LogP contribution in [0.4, 0.5) is 0 Å². The average molecular weight is 278 g/mol. The summed E-state index contributed by atoms with van der Waals surface area (Å²) in [5.74, 6) is 1.45. The Labute approximate surface area is 117 Å². The van der Waals surface area contributed by atoms with Crippen LogP contribution in [0, 0.1) is 0 Å². The van der Waals surface area contributed by atoms with Gasteiger partial charge in [-0.15, -0.1) is 0 Å². The molecule has 1 amide bonds. The second kappa shape index (κ2) is 9.52. The van der Waals surface area contributed by atoms with Gasteiger partial charge in [-0.25, -0.2) is 0 Å². The van der Waals surface area contributed by atoms with E-state index >= 15 is 0 Å². The Bertz CT molecular complexity index is 455. The SMILES string of the molecule is COc1ccc(OCCCC(=O)NCCN=[N+]=[N-])cc1. The van der Waals surface area contributed by atoms with E-state index < -0.39 is 0 Å². The van der Waals surface area contributed by atoms with Gasteiger partial charge in [-0.05, 0) is 36.2 Å². The van der Waals surface area contributed by atoms with E-state index in [2.05, 4.69) is 15.3 Å². The highest BCUT2D eigenvalue weighted by atomic mass is 16.5. The van der Waals surface area contributed by atoms with Gasteiger partial charge in [-0.1, -0.05) is 5.11 Å². The van der Waals surface area contributed by atoms with Crippen LogP contribution in [0.15, 0.2) is 29.4 Å². The fraction of sp³-hybridized carbons (Fsp3) is 0.462. The van der Waals surface area contributed by atoms with E-state index in [9.17, 15) is 4.79 Å². The number of amides is 1. The Balaban J connectivity index is 2.11. The number of carbonyl (C=O) groups excluding carboxylic acids is 1. The van der Waals surface area contributed by atoms with Crippen LogP contribution in [0.2, 0.25) is 0 Å². The zero-order valence-corrected chi connectivity index (χ0v) is 11.4. The Hall–Kier alpha value is -2.40. The topological polar surface area (TPSA) is 96.3 Å². The van der Waals surface area contributed by atoms with Gasteiger partial charge in [0.05, 0.1) is 13.7 Å². The number of carbonyl (C=O) groups is 1. The number of nitrogens with one attached hydrogen (secondary N) is 1. The highest BCUT2D eigenvalue weighted by Gasteiger charge is 2.01. The normalized spacial score (nSPS) is 9.45. The molecule has 20 heavy (non-hydrogen) atoms. The lowest BCUT2D eigenvalue weighted by atomic mass is 10.3. The molecule has 0 saturated carbocycles. The first kappa shape index (κ1) is 15.7. The quantitative estimate of drug-likeness (QED) is 0.325. The van der Waals surface area contributed by atoms with Crippen molar-refractivity contribution in [1.29, 1.82) is 0 Å². The molecule has 0 spiro atoms. The van der Waals surface area contributed by atoms with Crippen LogP contribution in [0.5, 0.6) is 11.5 Å². The number of hydrogen-bond acceptors (Lipinski definition) is 4. The van der Waals surface area contributed by atoms with Gasteiger partial charge in [-0.2, -0.15) is 0 Å². The third kappa shape index (κ3) is 6.51. The summed E-state index contributed by atoms with van der Waals surface area (Å²) in [7, 11) is 1.61. The summed E-state index contributed by atoms with van der Waals surface area (Å²) in [6.45, 7) is 1.10. The van der Waals surface area contributed by atoms with Crippen LogP contribution in [0.3, 0.4) is 0 Å². The van der Waals surface area contributed by atoms with Crippen LogP contribution in [-0.2, 0) is 4.79 Å². The Morgan fingerprint density at radius 1 is 1.35 bits per heavy atom. The summed E-state index contributed by atoms with van der Waals surface area (Å²) in [6, 6.07) is 7.27. The maximum atomic E-state index is 11.4. The lowest BCUT2D eigenvalue weighted by Gasteiger charge is -2.07. The van der Waals surface area contributed by atoms with E-state index in [1.54, 1.807) is 7.11 Å². The van der Waals surface area contributed by atoms with Crippen LogP contribution in [-0.4, -0.2) is 32.7 Å². The maximum absolute atomic E-state index is 11.4. The van der Waals surface area contributed by atoms with Crippen LogP contribution >= 0.6 is 0 Å². The Kier molecular flexibility index (Phi) is 7.45. The standard InChI is InChI=1S/C13H18N4O3/c1-19-11-4-6-12(7-5-11)20-10-2-3-13(18)15-8-9-16-17-14/h4-7H,2-3,8-10H2,1H3,(H,15,18). The molecule has 7 nitrogen and oxygen atoms in total. The van der Waals surface area contributed by atoms with Gasteiger partial charge in [0.25, 0.3) is 0 Å². The van der Waals surface area contributed by atoms with Gasteiger partial charge in [-0.3, -0.25) is 4.79 Å². The molecule has 7 heteroatoms. The van der Waals surface area contributed by atoms with E-state index in [0.717, 1.165) is 11.5 Å². The smallest absolute Gasteiger partial charge is 0.220 e. The molecule has 1 aromatic carbocycles. The largest absolute Gasteiger partial charge is 0.497 e. The van der Waals surface area contributed by atoms with E-state index in [1.807, 2.05) is 24.3 Å². The molecule has 0 heterocycles. The van der Waals surface area contributed by atoms with Crippen molar-refractivity contribution in [3.8, 4) is 11.5 Å². The first-order valence-corrected chi connectivity index (χ1v) is 6.30. The van der Waals surface area contributed by atoms with Gasteiger partial charge in [0.2, 0.25) is 5.91 Å². The summed E-state index contributed by atoms with van der Waals surface area (Å²) in [6.07, 6.45) is 1.01. The van der Waals surface area contributed by atoms with Gasteiger partial charge < -0.3 is 14.8 Å². The number of methoxy groups -OCH3 is 1. The minimum absolute atomic E-state index is 0.0727. The maximum Gasteiger partial charge on any atom is 0.220 e.